The second-order valence-corrected chi connectivity index (χ2v) is 1.91. The number of aliphatic imine (C=N–C) groups is 1. The van der Waals surface area contributed by atoms with Crippen molar-refractivity contribution in [2.45, 2.75) is 0 Å². The summed E-state index contributed by atoms with van der Waals surface area (Å²) in [7, 11) is 0. The van der Waals surface area contributed by atoms with E-state index in [2.05, 4.69) is 4.99 Å². The number of carboxylic acid groups (broad SMARTS) is 1. The van der Waals surface area contributed by atoms with Crippen LogP contribution in [0.15, 0.2) is 16.6 Å². The molecule has 0 radical (unpaired) electrons. The third-order valence-electron chi connectivity index (χ3n) is 1.18. The van der Waals surface area contributed by atoms with Crippen molar-refractivity contribution in [3.63, 3.8) is 0 Å². The summed E-state index contributed by atoms with van der Waals surface area (Å²) in [5.41, 5.74) is -0.0447. The van der Waals surface area contributed by atoms with Gasteiger partial charge in [-0.3, -0.25) is 0 Å². The number of nitro groups is 1. The molecule has 58 valence electrons. The maximum Gasteiger partial charge on any atom is 0.359 e. The van der Waals surface area contributed by atoms with Crippen LogP contribution in [0.4, 0.5) is 0 Å². The smallest absolute Gasteiger partial charge is 0.359 e. The van der Waals surface area contributed by atoms with Crippen molar-refractivity contribution in [3.05, 3.63) is 21.8 Å². The van der Waals surface area contributed by atoms with Crippen LogP contribution >= 0.6 is 0 Å². The predicted molar refractivity (Wildman–Crippen MR) is 35.0 cm³/mol. The molecule has 0 aromatic heterocycles. The largest absolute Gasteiger partial charge is 0.478 e. The molecule has 0 unspecified atom stereocenters. The molecular weight excluding hydrogens is 152 g/mol. The highest BCUT2D eigenvalue weighted by Crippen LogP contribution is 2.05. The van der Waals surface area contributed by atoms with Crippen LogP contribution in [0.5, 0.6) is 0 Å². The van der Waals surface area contributed by atoms with Crippen molar-refractivity contribution in [3.8, 4) is 0 Å². The lowest BCUT2D eigenvalue weighted by Crippen LogP contribution is -2.06. The SMILES string of the molecule is O=C(O)C1=CC([N+](=O)[O-])=NC1. The first kappa shape index (κ1) is 7.39. The topological polar surface area (TPSA) is 92.8 Å². The van der Waals surface area contributed by atoms with Gasteiger partial charge in [-0.15, -0.1) is 0 Å². The summed E-state index contributed by atoms with van der Waals surface area (Å²) < 4.78 is 0. The standard InChI is InChI=1S/C5H4N2O4/c8-5(9)3-1-4(6-2-3)7(10)11/h1H,2H2,(H,8,9). The first-order valence-electron chi connectivity index (χ1n) is 2.74. The minimum absolute atomic E-state index is 0.0447. The van der Waals surface area contributed by atoms with E-state index in [0.29, 0.717) is 0 Å². The van der Waals surface area contributed by atoms with Gasteiger partial charge in [-0.1, -0.05) is 4.99 Å². The summed E-state index contributed by atoms with van der Waals surface area (Å²) in [5.74, 6) is -1.55. The molecule has 0 aliphatic carbocycles. The summed E-state index contributed by atoms with van der Waals surface area (Å²) in [6, 6.07) is 0. The molecule has 0 spiro atoms. The summed E-state index contributed by atoms with van der Waals surface area (Å²) in [5, 5.41) is 18.4. The molecule has 0 fully saturated rings. The summed E-state index contributed by atoms with van der Waals surface area (Å²) in [4.78, 5) is 22.9. The van der Waals surface area contributed by atoms with E-state index in [9.17, 15) is 14.9 Å². The van der Waals surface area contributed by atoms with Gasteiger partial charge in [0, 0.05) is 0 Å². The minimum atomic E-state index is -1.16. The van der Waals surface area contributed by atoms with Crippen LogP contribution in [-0.4, -0.2) is 28.4 Å². The Balaban J connectivity index is 2.79. The number of amidine groups is 1. The molecule has 0 saturated heterocycles. The number of rotatable bonds is 1. The maximum atomic E-state index is 10.2. The molecule has 6 heteroatoms. The van der Waals surface area contributed by atoms with Gasteiger partial charge in [0.15, 0.2) is 6.54 Å². The number of nitrogens with zero attached hydrogens (tertiary/aromatic N) is 2. The number of carbonyl (C=O) groups is 1. The zero-order valence-corrected chi connectivity index (χ0v) is 5.35. The number of hydrogen-bond acceptors (Lipinski definition) is 4. The van der Waals surface area contributed by atoms with Gasteiger partial charge in [-0.05, 0) is 4.92 Å². The fourth-order valence-electron chi connectivity index (χ4n) is 0.653. The van der Waals surface area contributed by atoms with Crippen LogP contribution in [-0.2, 0) is 4.79 Å². The second-order valence-electron chi connectivity index (χ2n) is 1.91. The van der Waals surface area contributed by atoms with E-state index in [1.54, 1.807) is 0 Å². The van der Waals surface area contributed by atoms with Crippen LogP contribution in [0.2, 0.25) is 0 Å². The lowest BCUT2D eigenvalue weighted by atomic mass is 10.3. The Morgan fingerprint density at radius 3 is 2.73 bits per heavy atom. The first-order chi connectivity index (χ1) is 5.11. The molecule has 0 amide bonds. The van der Waals surface area contributed by atoms with Crippen molar-refractivity contribution < 1.29 is 14.8 Å². The molecule has 11 heavy (non-hydrogen) atoms. The van der Waals surface area contributed by atoms with Gasteiger partial charge in [0.1, 0.15) is 0 Å². The van der Waals surface area contributed by atoms with Gasteiger partial charge in [-0.25, -0.2) is 4.79 Å². The molecule has 0 bridgehead atoms. The minimum Gasteiger partial charge on any atom is -0.478 e. The summed E-state index contributed by atoms with van der Waals surface area (Å²) in [6.45, 7) is -0.106. The average Bonchev–Trinajstić information content (AvgIpc) is 2.33. The van der Waals surface area contributed by atoms with Crippen molar-refractivity contribution in [1.29, 1.82) is 0 Å². The van der Waals surface area contributed by atoms with Crippen LogP contribution in [0.25, 0.3) is 0 Å². The number of carboxylic acids is 1. The Labute approximate surface area is 61.0 Å². The Morgan fingerprint density at radius 2 is 2.45 bits per heavy atom. The van der Waals surface area contributed by atoms with Crippen molar-refractivity contribution in [1.82, 2.24) is 0 Å². The maximum absolute atomic E-state index is 10.2. The van der Waals surface area contributed by atoms with Gasteiger partial charge < -0.3 is 15.2 Å². The second kappa shape index (κ2) is 2.49. The summed E-state index contributed by atoms with van der Waals surface area (Å²) >= 11 is 0. The van der Waals surface area contributed by atoms with E-state index in [4.69, 9.17) is 5.11 Å². The Hall–Kier alpha value is -1.72. The summed E-state index contributed by atoms with van der Waals surface area (Å²) in [6.07, 6.45) is 0.961. The van der Waals surface area contributed by atoms with Gasteiger partial charge in [0.05, 0.1) is 11.6 Å². The zero-order valence-electron chi connectivity index (χ0n) is 5.35. The molecule has 1 aliphatic heterocycles. The normalized spacial score (nSPS) is 15.6. The van der Waals surface area contributed by atoms with Crippen LogP contribution in [0.1, 0.15) is 0 Å². The average molecular weight is 156 g/mol. The van der Waals surface area contributed by atoms with Gasteiger partial charge >= 0.3 is 11.8 Å². The molecule has 1 heterocycles. The van der Waals surface area contributed by atoms with Crippen LogP contribution in [0.3, 0.4) is 0 Å². The van der Waals surface area contributed by atoms with E-state index in [0.717, 1.165) is 6.08 Å². The molecule has 0 aromatic carbocycles. The Morgan fingerprint density at radius 1 is 1.82 bits per heavy atom. The fourth-order valence-corrected chi connectivity index (χ4v) is 0.653. The number of hydrogen-bond donors (Lipinski definition) is 1. The lowest BCUT2D eigenvalue weighted by Gasteiger charge is -1.85. The van der Waals surface area contributed by atoms with E-state index in [1.807, 2.05) is 0 Å². The van der Waals surface area contributed by atoms with Gasteiger partial charge in [0.2, 0.25) is 0 Å². The van der Waals surface area contributed by atoms with E-state index in [-0.39, 0.29) is 18.0 Å². The molecule has 1 rings (SSSR count). The third-order valence-corrected chi connectivity index (χ3v) is 1.18. The number of aliphatic carboxylic acids is 1. The molecule has 6 nitrogen and oxygen atoms in total. The van der Waals surface area contributed by atoms with E-state index in [1.165, 1.54) is 0 Å². The fraction of sp³-hybridized carbons (Fsp3) is 0.200. The quantitative estimate of drug-likeness (QED) is 0.416. The van der Waals surface area contributed by atoms with E-state index >= 15 is 0 Å². The van der Waals surface area contributed by atoms with Crippen molar-refractivity contribution >= 4 is 11.8 Å². The molecular formula is C5H4N2O4. The predicted octanol–water partition coefficient (Wildman–Crippen LogP) is -0.314. The molecule has 0 saturated carbocycles. The van der Waals surface area contributed by atoms with E-state index < -0.39 is 10.9 Å². The Bertz CT molecular complexity index is 278. The molecule has 1 aliphatic rings. The van der Waals surface area contributed by atoms with Crippen LogP contribution < -0.4 is 0 Å². The van der Waals surface area contributed by atoms with Crippen molar-refractivity contribution in [2.75, 3.05) is 6.54 Å². The monoisotopic (exact) mass is 156 g/mol. The highest BCUT2D eigenvalue weighted by atomic mass is 16.6. The Kier molecular flexibility index (Phi) is 1.67. The highest BCUT2D eigenvalue weighted by molar-refractivity contribution is 6.00. The van der Waals surface area contributed by atoms with Gasteiger partial charge in [0.25, 0.3) is 0 Å². The highest BCUT2D eigenvalue weighted by Gasteiger charge is 2.22. The van der Waals surface area contributed by atoms with Gasteiger partial charge in [-0.2, -0.15) is 0 Å². The first-order valence-corrected chi connectivity index (χ1v) is 2.74. The van der Waals surface area contributed by atoms with Crippen LogP contribution in [0, 0.1) is 10.1 Å². The molecule has 0 aromatic rings. The molecule has 0 atom stereocenters. The third kappa shape index (κ3) is 1.40. The lowest BCUT2D eigenvalue weighted by molar-refractivity contribution is -0.348. The molecule has 1 N–H and O–H groups in total. The zero-order chi connectivity index (χ0) is 8.43. The van der Waals surface area contributed by atoms with Crippen molar-refractivity contribution in [2.24, 2.45) is 4.99 Å².